The third-order valence-corrected chi connectivity index (χ3v) is 3.04. The van der Waals surface area contributed by atoms with E-state index in [1.165, 1.54) is 12.1 Å². The van der Waals surface area contributed by atoms with Gasteiger partial charge in [-0.25, -0.2) is 10.1 Å². The first-order chi connectivity index (χ1) is 10.8. The largest absolute Gasteiger partial charge is 0.508 e. The minimum absolute atomic E-state index is 0.0539. The molecule has 0 aromatic heterocycles. The maximum atomic E-state index is 12.4. The van der Waals surface area contributed by atoms with E-state index in [4.69, 9.17) is 17.2 Å². The quantitative estimate of drug-likeness (QED) is 0.222. The molecule has 0 spiro atoms. The smallest absolute Gasteiger partial charge is 0.275 e. The molecular formula is C13H20N6O4. The predicted octanol–water partition coefficient (Wildman–Crippen LogP) is -0.707. The zero-order chi connectivity index (χ0) is 17.4. The molecule has 1 atom stereocenters. The van der Waals surface area contributed by atoms with Crippen molar-refractivity contribution in [3.8, 4) is 5.75 Å². The van der Waals surface area contributed by atoms with Gasteiger partial charge in [-0.2, -0.15) is 0 Å². The van der Waals surface area contributed by atoms with E-state index < -0.39 is 22.9 Å². The fraction of sp³-hybridized carbons (Fsp3) is 0.385. The van der Waals surface area contributed by atoms with Gasteiger partial charge in [0.05, 0.1) is 12.6 Å². The molecule has 0 fully saturated rings. The Morgan fingerprint density at radius 3 is 2.52 bits per heavy atom. The van der Waals surface area contributed by atoms with Gasteiger partial charge in [0.25, 0.3) is 5.96 Å². The highest BCUT2D eigenvalue weighted by Gasteiger charge is 2.25. The lowest BCUT2D eigenvalue weighted by molar-refractivity contribution is -0.485. The number of benzene rings is 1. The number of nitro groups is 1. The molecular weight excluding hydrogens is 304 g/mol. The minimum Gasteiger partial charge on any atom is -0.508 e. The molecule has 1 rings (SSSR count). The lowest BCUT2D eigenvalue weighted by Crippen LogP contribution is -2.49. The number of hydrazone groups is 1. The minimum atomic E-state index is -0.988. The molecule has 7 N–H and O–H groups in total. The number of nitrogens with two attached hydrogens (primary N) is 3. The first-order valence-corrected chi connectivity index (χ1v) is 6.88. The molecule has 0 aliphatic rings. The lowest BCUT2D eigenvalue weighted by atomic mass is 10.1. The number of guanidine groups is 1. The van der Waals surface area contributed by atoms with Crippen molar-refractivity contribution in [1.29, 1.82) is 0 Å². The van der Waals surface area contributed by atoms with Crippen LogP contribution in [-0.2, 0) is 11.3 Å². The molecule has 0 saturated carbocycles. The SMILES string of the molecule is NCCC[C@@H](N)C(=O)N(Cc1ccc(O)cc1)C(N)=N[N+](=O)[O-]. The highest BCUT2D eigenvalue weighted by Crippen LogP contribution is 2.13. The molecule has 0 unspecified atom stereocenters. The number of hydrogen-bond donors (Lipinski definition) is 4. The second kappa shape index (κ2) is 8.66. The van der Waals surface area contributed by atoms with E-state index in [1.807, 2.05) is 0 Å². The van der Waals surface area contributed by atoms with E-state index in [0.717, 1.165) is 4.90 Å². The zero-order valence-corrected chi connectivity index (χ0v) is 12.5. The number of phenolic OH excluding ortho intramolecular Hbond substituents is 1. The van der Waals surface area contributed by atoms with Gasteiger partial charge in [0, 0.05) is 0 Å². The molecule has 0 saturated heterocycles. The Morgan fingerprint density at radius 2 is 2.00 bits per heavy atom. The summed E-state index contributed by atoms with van der Waals surface area (Å²) in [5.74, 6) is -1.09. The van der Waals surface area contributed by atoms with Crippen molar-refractivity contribution in [3.63, 3.8) is 0 Å². The molecule has 1 amide bonds. The Kier molecular flexibility index (Phi) is 6.90. The molecule has 10 nitrogen and oxygen atoms in total. The number of hydrogen-bond acceptors (Lipinski definition) is 6. The summed E-state index contributed by atoms with van der Waals surface area (Å²) in [4.78, 5) is 23.8. The molecule has 126 valence electrons. The van der Waals surface area contributed by atoms with Crippen LogP contribution in [0.1, 0.15) is 18.4 Å². The van der Waals surface area contributed by atoms with Crippen LogP contribution in [0.25, 0.3) is 0 Å². The molecule has 0 bridgehead atoms. The van der Waals surface area contributed by atoms with Crippen LogP contribution in [0.2, 0.25) is 0 Å². The summed E-state index contributed by atoms with van der Waals surface area (Å²) in [7, 11) is 0. The fourth-order valence-corrected chi connectivity index (χ4v) is 1.85. The second-order valence-corrected chi connectivity index (χ2v) is 4.82. The summed E-state index contributed by atoms with van der Waals surface area (Å²) in [6.07, 6.45) is 0.861. The van der Waals surface area contributed by atoms with Gasteiger partial charge in [-0.3, -0.25) is 9.69 Å². The zero-order valence-electron chi connectivity index (χ0n) is 12.5. The molecule has 0 heterocycles. The van der Waals surface area contributed by atoms with Crippen molar-refractivity contribution < 1.29 is 14.9 Å². The lowest BCUT2D eigenvalue weighted by Gasteiger charge is -2.23. The van der Waals surface area contributed by atoms with Gasteiger partial charge in [-0.1, -0.05) is 12.1 Å². The van der Waals surface area contributed by atoms with Crippen molar-refractivity contribution in [2.24, 2.45) is 22.3 Å². The first-order valence-electron chi connectivity index (χ1n) is 6.88. The van der Waals surface area contributed by atoms with Crippen LogP contribution in [0.4, 0.5) is 0 Å². The number of nitrogens with zero attached hydrogens (tertiary/aromatic N) is 3. The van der Waals surface area contributed by atoms with Gasteiger partial charge in [-0.15, -0.1) is 0 Å². The summed E-state index contributed by atoms with van der Waals surface area (Å²) >= 11 is 0. The van der Waals surface area contributed by atoms with E-state index in [2.05, 4.69) is 5.10 Å². The average Bonchev–Trinajstić information content (AvgIpc) is 2.50. The van der Waals surface area contributed by atoms with Crippen molar-refractivity contribution in [2.45, 2.75) is 25.4 Å². The van der Waals surface area contributed by atoms with Crippen molar-refractivity contribution >= 4 is 11.9 Å². The van der Waals surface area contributed by atoms with Crippen molar-refractivity contribution in [3.05, 3.63) is 39.9 Å². The Hall–Kier alpha value is -2.72. The van der Waals surface area contributed by atoms with Crippen LogP contribution < -0.4 is 17.2 Å². The van der Waals surface area contributed by atoms with E-state index in [0.29, 0.717) is 24.9 Å². The molecule has 23 heavy (non-hydrogen) atoms. The monoisotopic (exact) mass is 324 g/mol. The second-order valence-electron chi connectivity index (χ2n) is 4.82. The van der Waals surface area contributed by atoms with Crippen molar-refractivity contribution in [1.82, 2.24) is 4.90 Å². The Morgan fingerprint density at radius 1 is 1.39 bits per heavy atom. The third kappa shape index (κ3) is 5.88. The first kappa shape index (κ1) is 18.3. The summed E-state index contributed by atoms with van der Waals surface area (Å²) in [6, 6.07) is 5.07. The summed E-state index contributed by atoms with van der Waals surface area (Å²) in [5.41, 5.74) is 17.3. The van der Waals surface area contributed by atoms with Gasteiger partial charge in [0.15, 0.2) is 5.03 Å². The number of amides is 1. The van der Waals surface area contributed by atoms with Crippen LogP contribution in [0.15, 0.2) is 29.4 Å². The van der Waals surface area contributed by atoms with E-state index in [1.54, 1.807) is 12.1 Å². The number of aromatic hydroxyl groups is 1. The third-order valence-electron chi connectivity index (χ3n) is 3.04. The van der Waals surface area contributed by atoms with E-state index in [9.17, 15) is 20.0 Å². The van der Waals surface area contributed by atoms with Gasteiger partial charge >= 0.3 is 0 Å². The highest BCUT2D eigenvalue weighted by molar-refractivity contribution is 5.98. The maximum absolute atomic E-state index is 12.4. The Labute approximate surface area is 132 Å². The van der Waals surface area contributed by atoms with Crippen LogP contribution in [-0.4, -0.2) is 39.5 Å². The number of rotatable bonds is 7. The molecule has 10 heteroatoms. The maximum Gasteiger partial charge on any atom is 0.275 e. The number of phenols is 1. The summed E-state index contributed by atoms with van der Waals surface area (Å²) in [6.45, 7) is 0.315. The Balaban J connectivity index is 2.99. The van der Waals surface area contributed by atoms with Gasteiger partial charge in [0.2, 0.25) is 5.91 Å². The normalized spacial score (nSPS) is 12.7. The topological polar surface area (TPSA) is 174 Å². The van der Waals surface area contributed by atoms with Crippen LogP contribution in [0.5, 0.6) is 5.75 Å². The molecule has 1 aromatic carbocycles. The van der Waals surface area contributed by atoms with Gasteiger partial charge in [0.1, 0.15) is 10.9 Å². The standard InChI is InChI=1S/C13H20N6O4/c14-7-1-2-11(15)12(21)18(13(16)17-19(22)23)8-9-3-5-10(20)6-4-9/h3-6,11,20H,1-2,7-8,14-15H2,(H2,16,17)/t11-/m1/s1. The van der Waals surface area contributed by atoms with E-state index >= 15 is 0 Å². The van der Waals surface area contributed by atoms with E-state index in [-0.39, 0.29) is 12.3 Å². The molecule has 0 aliphatic heterocycles. The Bertz CT molecular complexity index is 574. The van der Waals surface area contributed by atoms with Crippen LogP contribution in [0.3, 0.4) is 0 Å². The average molecular weight is 324 g/mol. The molecule has 0 aliphatic carbocycles. The number of carbonyl (C=O) groups is 1. The summed E-state index contributed by atoms with van der Waals surface area (Å²) < 4.78 is 0. The fourth-order valence-electron chi connectivity index (χ4n) is 1.85. The molecule has 1 aromatic rings. The summed E-state index contributed by atoms with van der Waals surface area (Å²) in [5, 5.41) is 21.7. The number of carbonyl (C=O) groups excluding carboxylic acids is 1. The molecule has 0 radical (unpaired) electrons. The van der Waals surface area contributed by atoms with Crippen LogP contribution >= 0.6 is 0 Å². The highest BCUT2D eigenvalue weighted by atomic mass is 16.7. The predicted molar refractivity (Wildman–Crippen MR) is 83.5 cm³/mol. The van der Waals surface area contributed by atoms with Crippen LogP contribution in [0, 0.1) is 10.1 Å². The van der Waals surface area contributed by atoms with Gasteiger partial charge in [-0.05, 0) is 37.1 Å². The van der Waals surface area contributed by atoms with Gasteiger partial charge < -0.3 is 22.3 Å². The van der Waals surface area contributed by atoms with Crippen molar-refractivity contribution in [2.75, 3.05) is 6.54 Å².